The number of aryl methyl sites for hydroxylation is 1. The van der Waals surface area contributed by atoms with Crippen LogP contribution in [0.4, 0.5) is 0 Å². The summed E-state index contributed by atoms with van der Waals surface area (Å²) in [6, 6.07) is 11.5. The third-order valence-corrected chi connectivity index (χ3v) is 4.77. The van der Waals surface area contributed by atoms with Gasteiger partial charge in [-0.2, -0.15) is 0 Å². The van der Waals surface area contributed by atoms with Crippen LogP contribution in [-0.4, -0.2) is 21.0 Å². The first-order valence-electron chi connectivity index (χ1n) is 7.59. The SMILES string of the molecule is O=C1c2c(ccc(O)c2O)CN1[C@H]1CCCc2ccccc21. The Kier molecular flexibility index (Phi) is 2.86. The molecule has 4 heteroatoms. The number of phenolic OH excluding ortho intramolecular Hbond substituents is 2. The number of phenols is 2. The van der Waals surface area contributed by atoms with E-state index in [1.165, 1.54) is 17.2 Å². The van der Waals surface area contributed by atoms with Crippen LogP contribution in [0, 0.1) is 0 Å². The van der Waals surface area contributed by atoms with Crippen molar-refractivity contribution in [2.45, 2.75) is 31.8 Å². The fraction of sp³-hybridized carbons (Fsp3) is 0.278. The summed E-state index contributed by atoms with van der Waals surface area (Å²) >= 11 is 0. The average molecular weight is 295 g/mol. The van der Waals surface area contributed by atoms with Crippen molar-refractivity contribution in [1.82, 2.24) is 4.90 Å². The molecule has 0 saturated carbocycles. The molecule has 2 aromatic carbocycles. The first-order valence-corrected chi connectivity index (χ1v) is 7.59. The summed E-state index contributed by atoms with van der Waals surface area (Å²) in [6.07, 6.45) is 3.04. The summed E-state index contributed by atoms with van der Waals surface area (Å²) < 4.78 is 0. The predicted octanol–water partition coefficient (Wildman–Crippen LogP) is 3.13. The molecule has 1 atom stereocenters. The normalized spacial score (nSPS) is 19.9. The quantitative estimate of drug-likeness (QED) is 0.795. The zero-order valence-electron chi connectivity index (χ0n) is 12.1. The Hall–Kier alpha value is -2.49. The first kappa shape index (κ1) is 13.2. The Labute approximate surface area is 128 Å². The Morgan fingerprint density at radius 3 is 2.73 bits per heavy atom. The van der Waals surface area contributed by atoms with Crippen LogP contribution in [0.2, 0.25) is 0 Å². The van der Waals surface area contributed by atoms with E-state index < -0.39 is 0 Å². The largest absolute Gasteiger partial charge is 0.504 e. The van der Waals surface area contributed by atoms with Gasteiger partial charge in [0, 0.05) is 6.54 Å². The topological polar surface area (TPSA) is 60.8 Å². The Bertz CT molecular complexity index is 769. The van der Waals surface area contributed by atoms with Gasteiger partial charge in [-0.25, -0.2) is 0 Å². The zero-order valence-corrected chi connectivity index (χ0v) is 12.1. The highest BCUT2D eigenvalue weighted by molar-refractivity contribution is 6.01. The monoisotopic (exact) mass is 295 g/mol. The average Bonchev–Trinajstić information content (AvgIpc) is 2.88. The highest BCUT2D eigenvalue weighted by Crippen LogP contribution is 2.42. The van der Waals surface area contributed by atoms with Gasteiger partial charge < -0.3 is 15.1 Å². The van der Waals surface area contributed by atoms with Crippen molar-refractivity contribution in [3.05, 3.63) is 58.7 Å². The molecule has 112 valence electrons. The van der Waals surface area contributed by atoms with Crippen LogP contribution in [0.15, 0.2) is 36.4 Å². The number of fused-ring (bicyclic) bond motifs is 2. The van der Waals surface area contributed by atoms with Crippen molar-refractivity contribution < 1.29 is 15.0 Å². The molecule has 1 aliphatic carbocycles. The third kappa shape index (κ3) is 1.80. The van der Waals surface area contributed by atoms with Gasteiger partial charge >= 0.3 is 0 Å². The molecule has 0 radical (unpaired) electrons. The van der Waals surface area contributed by atoms with Gasteiger partial charge in [-0.15, -0.1) is 0 Å². The Morgan fingerprint density at radius 2 is 1.86 bits per heavy atom. The number of amides is 1. The number of aromatic hydroxyl groups is 2. The summed E-state index contributed by atoms with van der Waals surface area (Å²) in [7, 11) is 0. The predicted molar refractivity (Wildman–Crippen MR) is 81.8 cm³/mol. The van der Waals surface area contributed by atoms with Crippen LogP contribution in [0.3, 0.4) is 0 Å². The van der Waals surface area contributed by atoms with Gasteiger partial charge in [0.05, 0.1) is 11.6 Å². The maximum Gasteiger partial charge on any atom is 0.258 e. The van der Waals surface area contributed by atoms with Gasteiger partial charge in [-0.3, -0.25) is 4.79 Å². The van der Waals surface area contributed by atoms with Gasteiger partial charge in [0.15, 0.2) is 11.5 Å². The molecule has 4 nitrogen and oxygen atoms in total. The van der Waals surface area contributed by atoms with E-state index in [4.69, 9.17) is 0 Å². The standard InChI is InChI=1S/C18H17NO3/c20-15-9-8-12-10-19(18(22)16(12)17(15)21)14-7-3-5-11-4-1-2-6-13(11)14/h1-2,4,6,8-9,14,20-21H,3,5,7,10H2/t14-/m0/s1. The number of carbonyl (C=O) groups is 1. The van der Waals surface area contributed by atoms with E-state index in [1.807, 2.05) is 17.0 Å². The highest BCUT2D eigenvalue weighted by atomic mass is 16.3. The summed E-state index contributed by atoms with van der Waals surface area (Å²) in [6.45, 7) is 0.487. The second-order valence-corrected chi connectivity index (χ2v) is 6.01. The first-order chi connectivity index (χ1) is 10.7. The molecule has 2 aromatic rings. The van der Waals surface area contributed by atoms with Crippen LogP contribution in [0.1, 0.15) is 45.9 Å². The van der Waals surface area contributed by atoms with Gasteiger partial charge in [0.1, 0.15) is 0 Å². The minimum atomic E-state index is -0.297. The molecular formula is C18H17NO3. The molecule has 0 unspecified atom stereocenters. The third-order valence-electron chi connectivity index (χ3n) is 4.77. The summed E-state index contributed by atoms with van der Waals surface area (Å²) in [4.78, 5) is 14.6. The van der Waals surface area contributed by atoms with Crippen LogP contribution >= 0.6 is 0 Å². The lowest BCUT2D eigenvalue weighted by Crippen LogP contribution is -2.31. The summed E-state index contributed by atoms with van der Waals surface area (Å²) in [5.74, 6) is -0.725. The van der Waals surface area contributed by atoms with Gasteiger partial charge in [0.25, 0.3) is 5.91 Å². The summed E-state index contributed by atoms with van der Waals surface area (Å²) in [5, 5.41) is 19.6. The van der Waals surface area contributed by atoms with E-state index in [1.54, 1.807) is 6.07 Å². The number of carbonyl (C=O) groups excluding carboxylic acids is 1. The molecule has 2 aliphatic rings. The van der Waals surface area contributed by atoms with Gasteiger partial charge in [-0.05, 0) is 42.0 Å². The molecule has 0 spiro atoms. The van der Waals surface area contributed by atoms with E-state index in [0.29, 0.717) is 6.54 Å². The number of nitrogens with zero attached hydrogens (tertiary/aromatic N) is 1. The van der Waals surface area contributed by atoms with Crippen molar-refractivity contribution in [1.29, 1.82) is 0 Å². The lowest BCUT2D eigenvalue weighted by Gasteiger charge is -2.33. The van der Waals surface area contributed by atoms with Crippen molar-refractivity contribution in [3.63, 3.8) is 0 Å². The zero-order chi connectivity index (χ0) is 15.3. The molecule has 4 rings (SSSR count). The van der Waals surface area contributed by atoms with E-state index in [0.717, 1.165) is 24.8 Å². The van der Waals surface area contributed by atoms with Crippen LogP contribution in [0.5, 0.6) is 11.5 Å². The second-order valence-electron chi connectivity index (χ2n) is 6.01. The maximum absolute atomic E-state index is 12.7. The van der Waals surface area contributed by atoms with Gasteiger partial charge in [0.2, 0.25) is 0 Å². The molecule has 0 aromatic heterocycles. The molecule has 1 amide bonds. The lowest BCUT2D eigenvalue weighted by molar-refractivity contribution is 0.0680. The smallest absolute Gasteiger partial charge is 0.258 e. The van der Waals surface area contributed by atoms with Crippen LogP contribution in [0.25, 0.3) is 0 Å². The molecule has 0 saturated heterocycles. The van der Waals surface area contributed by atoms with E-state index >= 15 is 0 Å². The molecular weight excluding hydrogens is 278 g/mol. The Morgan fingerprint density at radius 1 is 1.05 bits per heavy atom. The Balaban J connectivity index is 1.75. The molecule has 2 N–H and O–H groups in total. The van der Waals surface area contributed by atoms with Crippen molar-refractivity contribution in [2.75, 3.05) is 0 Å². The maximum atomic E-state index is 12.7. The van der Waals surface area contributed by atoms with E-state index in [-0.39, 0.29) is 29.0 Å². The second kappa shape index (κ2) is 4.77. The fourth-order valence-electron chi connectivity index (χ4n) is 3.70. The molecule has 22 heavy (non-hydrogen) atoms. The molecule has 1 aliphatic heterocycles. The van der Waals surface area contributed by atoms with E-state index in [2.05, 4.69) is 12.1 Å². The van der Waals surface area contributed by atoms with Crippen LogP contribution in [-0.2, 0) is 13.0 Å². The molecule has 0 fully saturated rings. The number of benzene rings is 2. The minimum absolute atomic E-state index is 0.0476. The van der Waals surface area contributed by atoms with E-state index in [9.17, 15) is 15.0 Å². The number of rotatable bonds is 1. The lowest BCUT2D eigenvalue weighted by atomic mass is 9.87. The summed E-state index contributed by atoms with van der Waals surface area (Å²) in [5.41, 5.74) is 3.54. The van der Waals surface area contributed by atoms with Crippen LogP contribution < -0.4 is 0 Å². The van der Waals surface area contributed by atoms with Crippen molar-refractivity contribution in [2.24, 2.45) is 0 Å². The fourth-order valence-corrected chi connectivity index (χ4v) is 3.70. The molecule has 1 heterocycles. The number of hydrogen-bond acceptors (Lipinski definition) is 3. The van der Waals surface area contributed by atoms with Crippen molar-refractivity contribution in [3.8, 4) is 11.5 Å². The molecule has 0 bridgehead atoms. The minimum Gasteiger partial charge on any atom is -0.504 e. The van der Waals surface area contributed by atoms with Gasteiger partial charge in [-0.1, -0.05) is 30.3 Å². The highest BCUT2D eigenvalue weighted by Gasteiger charge is 2.37. The number of hydrogen-bond donors (Lipinski definition) is 2. The van der Waals surface area contributed by atoms with Crippen molar-refractivity contribution >= 4 is 5.91 Å².